The van der Waals surface area contributed by atoms with E-state index in [1.807, 2.05) is 6.07 Å². The molecule has 21 heavy (non-hydrogen) atoms. The van der Waals surface area contributed by atoms with Crippen LogP contribution in [0.15, 0.2) is 12.4 Å². The first-order valence-electron chi connectivity index (χ1n) is 7.79. The van der Waals surface area contributed by atoms with Crippen LogP contribution in [0.5, 0.6) is 0 Å². The van der Waals surface area contributed by atoms with E-state index in [-0.39, 0.29) is 5.92 Å². The maximum absolute atomic E-state index is 11.0. The van der Waals surface area contributed by atoms with Crippen LogP contribution in [-0.2, 0) is 4.79 Å². The summed E-state index contributed by atoms with van der Waals surface area (Å²) >= 11 is 0. The van der Waals surface area contributed by atoms with E-state index < -0.39 is 5.97 Å². The SMILES string of the molecule is O=C(O)C1CCN(c2cc(N3CCCCC3)ncn2)CC1. The van der Waals surface area contributed by atoms with E-state index >= 15 is 0 Å². The predicted octanol–water partition coefficient (Wildman–Crippen LogP) is 1.77. The second-order valence-electron chi connectivity index (χ2n) is 5.88. The molecule has 2 aliphatic rings. The number of carboxylic acid groups (broad SMARTS) is 1. The zero-order valence-electron chi connectivity index (χ0n) is 12.2. The van der Waals surface area contributed by atoms with E-state index in [1.54, 1.807) is 6.33 Å². The molecule has 2 aliphatic heterocycles. The van der Waals surface area contributed by atoms with Gasteiger partial charge in [0.15, 0.2) is 0 Å². The molecule has 2 fully saturated rings. The molecule has 114 valence electrons. The first-order chi connectivity index (χ1) is 10.2. The van der Waals surface area contributed by atoms with Crippen molar-refractivity contribution >= 4 is 17.6 Å². The lowest BCUT2D eigenvalue weighted by molar-refractivity contribution is -0.142. The summed E-state index contributed by atoms with van der Waals surface area (Å²) in [6, 6.07) is 2.05. The standard InChI is InChI=1S/C15H22N4O2/c20-15(21)12-4-8-19(9-5-12)14-10-13(16-11-17-14)18-6-2-1-3-7-18/h10-12H,1-9H2,(H,20,21). The molecule has 1 N–H and O–H groups in total. The number of anilines is 2. The summed E-state index contributed by atoms with van der Waals surface area (Å²) in [5.74, 6) is 1.05. The molecule has 3 rings (SSSR count). The first-order valence-corrected chi connectivity index (χ1v) is 7.79. The summed E-state index contributed by atoms with van der Waals surface area (Å²) in [4.78, 5) is 24.3. The Morgan fingerprint density at radius 2 is 1.57 bits per heavy atom. The Labute approximate surface area is 124 Å². The number of carboxylic acids is 1. The third-order valence-corrected chi connectivity index (χ3v) is 4.49. The number of carbonyl (C=O) groups is 1. The van der Waals surface area contributed by atoms with E-state index in [9.17, 15) is 4.79 Å². The van der Waals surface area contributed by atoms with Crippen molar-refractivity contribution in [2.45, 2.75) is 32.1 Å². The van der Waals surface area contributed by atoms with E-state index in [2.05, 4.69) is 19.8 Å². The largest absolute Gasteiger partial charge is 0.481 e. The number of piperidine rings is 2. The van der Waals surface area contributed by atoms with Crippen molar-refractivity contribution in [2.24, 2.45) is 5.92 Å². The molecule has 0 radical (unpaired) electrons. The molecule has 2 saturated heterocycles. The average Bonchev–Trinajstić information content (AvgIpc) is 2.56. The average molecular weight is 290 g/mol. The molecular formula is C15H22N4O2. The van der Waals surface area contributed by atoms with Gasteiger partial charge in [0.1, 0.15) is 18.0 Å². The normalized spacial score (nSPS) is 20.6. The summed E-state index contributed by atoms with van der Waals surface area (Å²) in [6.07, 6.45) is 6.77. The number of rotatable bonds is 3. The Morgan fingerprint density at radius 3 is 2.14 bits per heavy atom. The minimum atomic E-state index is -0.675. The van der Waals surface area contributed by atoms with Gasteiger partial charge in [-0.2, -0.15) is 0 Å². The van der Waals surface area contributed by atoms with Crippen LogP contribution in [0.1, 0.15) is 32.1 Å². The van der Waals surface area contributed by atoms with Crippen LogP contribution in [0.25, 0.3) is 0 Å². The number of hydrogen-bond acceptors (Lipinski definition) is 5. The van der Waals surface area contributed by atoms with Crippen molar-refractivity contribution < 1.29 is 9.90 Å². The van der Waals surface area contributed by atoms with E-state index in [1.165, 1.54) is 19.3 Å². The molecule has 0 spiro atoms. The third-order valence-electron chi connectivity index (χ3n) is 4.49. The lowest BCUT2D eigenvalue weighted by Crippen LogP contribution is -2.37. The van der Waals surface area contributed by atoms with Crippen molar-refractivity contribution in [2.75, 3.05) is 36.0 Å². The zero-order chi connectivity index (χ0) is 14.7. The van der Waals surface area contributed by atoms with Gasteiger partial charge in [-0.3, -0.25) is 4.79 Å². The number of aromatic nitrogens is 2. The fraction of sp³-hybridized carbons (Fsp3) is 0.667. The Bertz CT molecular complexity index is 494. The van der Waals surface area contributed by atoms with Gasteiger partial charge in [0.2, 0.25) is 0 Å². The van der Waals surface area contributed by atoms with Crippen LogP contribution >= 0.6 is 0 Å². The molecule has 0 aromatic carbocycles. The van der Waals surface area contributed by atoms with Gasteiger partial charge in [0.25, 0.3) is 0 Å². The van der Waals surface area contributed by atoms with Crippen LogP contribution in [-0.4, -0.2) is 47.2 Å². The van der Waals surface area contributed by atoms with Crippen molar-refractivity contribution in [3.8, 4) is 0 Å². The van der Waals surface area contributed by atoms with Crippen LogP contribution in [0.4, 0.5) is 11.6 Å². The Kier molecular flexibility index (Phi) is 4.22. The van der Waals surface area contributed by atoms with Gasteiger partial charge < -0.3 is 14.9 Å². The monoisotopic (exact) mass is 290 g/mol. The highest BCUT2D eigenvalue weighted by molar-refractivity contribution is 5.70. The maximum atomic E-state index is 11.0. The Hall–Kier alpha value is -1.85. The highest BCUT2D eigenvalue weighted by Gasteiger charge is 2.25. The minimum Gasteiger partial charge on any atom is -0.481 e. The number of nitrogens with zero attached hydrogens (tertiary/aromatic N) is 4. The van der Waals surface area contributed by atoms with Crippen molar-refractivity contribution in [3.63, 3.8) is 0 Å². The maximum Gasteiger partial charge on any atom is 0.306 e. The van der Waals surface area contributed by atoms with Gasteiger partial charge in [-0.05, 0) is 32.1 Å². The molecule has 0 saturated carbocycles. The third kappa shape index (κ3) is 3.25. The molecule has 0 bridgehead atoms. The van der Waals surface area contributed by atoms with Crippen LogP contribution in [0.2, 0.25) is 0 Å². The summed E-state index contributed by atoms with van der Waals surface area (Å²) in [7, 11) is 0. The fourth-order valence-electron chi connectivity index (χ4n) is 3.16. The fourth-order valence-corrected chi connectivity index (χ4v) is 3.16. The minimum absolute atomic E-state index is 0.204. The van der Waals surface area contributed by atoms with Gasteiger partial charge >= 0.3 is 5.97 Å². The van der Waals surface area contributed by atoms with Crippen LogP contribution in [0.3, 0.4) is 0 Å². The number of aliphatic carboxylic acids is 1. The predicted molar refractivity (Wildman–Crippen MR) is 80.7 cm³/mol. The summed E-state index contributed by atoms with van der Waals surface area (Å²) < 4.78 is 0. The molecule has 1 aromatic rings. The summed E-state index contributed by atoms with van der Waals surface area (Å²) in [5, 5.41) is 9.06. The van der Waals surface area contributed by atoms with Gasteiger partial charge in [-0.15, -0.1) is 0 Å². The van der Waals surface area contributed by atoms with Crippen molar-refractivity contribution in [1.29, 1.82) is 0 Å². The molecular weight excluding hydrogens is 268 g/mol. The molecule has 0 atom stereocenters. The molecule has 3 heterocycles. The van der Waals surface area contributed by atoms with Gasteiger partial charge in [-0.1, -0.05) is 0 Å². The smallest absolute Gasteiger partial charge is 0.306 e. The van der Waals surface area contributed by atoms with Gasteiger partial charge in [-0.25, -0.2) is 9.97 Å². The Morgan fingerprint density at radius 1 is 1.00 bits per heavy atom. The second kappa shape index (κ2) is 6.28. The zero-order valence-corrected chi connectivity index (χ0v) is 12.2. The van der Waals surface area contributed by atoms with E-state index in [0.29, 0.717) is 12.8 Å². The van der Waals surface area contributed by atoms with Crippen LogP contribution in [0, 0.1) is 5.92 Å². The van der Waals surface area contributed by atoms with E-state index in [4.69, 9.17) is 5.11 Å². The lowest BCUT2D eigenvalue weighted by atomic mass is 9.97. The second-order valence-corrected chi connectivity index (χ2v) is 5.88. The molecule has 6 nitrogen and oxygen atoms in total. The molecule has 0 aliphatic carbocycles. The van der Waals surface area contributed by atoms with E-state index in [0.717, 1.165) is 37.8 Å². The highest BCUT2D eigenvalue weighted by Crippen LogP contribution is 2.25. The first kappa shape index (κ1) is 14.1. The summed E-state index contributed by atoms with van der Waals surface area (Å²) in [5.41, 5.74) is 0. The van der Waals surface area contributed by atoms with Crippen molar-refractivity contribution in [1.82, 2.24) is 9.97 Å². The highest BCUT2D eigenvalue weighted by atomic mass is 16.4. The quantitative estimate of drug-likeness (QED) is 0.915. The molecule has 0 amide bonds. The summed E-state index contributed by atoms with van der Waals surface area (Å²) in [6.45, 7) is 3.65. The van der Waals surface area contributed by atoms with Crippen LogP contribution < -0.4 is 9.80 Å². The Balaban J connectivity index is 1.67. The molecule has 1 aromatic heterocycles. The van der Waals surface area contributed by atoms with Crippen molar-refractivity contribution in [3.05, 3.63) is 12.4 Å². The van der Waals surface area contributed by atoms with Gasteiger partial charge in [0.05, 0.1) is 5.92 Å². The lowest BCUT2D eigenvalue weighted by Gasteiger charge is -2.32. The topological polar surface area (TPSA) is 69.6 Å². The number of hydrogen-bond donors (Lipinski definition) is 1. The molecule has 0 unspecified atom stereocenters. The van der Waals surface area contributed by atoms with Gasteiger partial charge in [0, 0.05) is 32.2 Å². The molecule has 6 heteroatoms.